The van der Waals surface area contributed by atoms with Gasteiger partial charge in [0, 0.05) is 17.8 Å². The van der Waals surface area contributed by atoms with Crippen molar-refractivity contribution in [2.24, 2.45) is 0 Å². The number of benzene rings is 2. The number of piperidine rings is 1. The summed E-state index contributed by atoms with van der Waals surface area (Å²) in [7, 11) is 0. The Bertz CT molecular complexity index is 971. The van der Waals surface area contributed by atoms with Crippen LogP contribution in [-0.4, -0.2) is 27.6 Å². The number of rotatable bonds is 3. The molecule has 2 heterocycles. The monoisotopic (exact) mass is 380 g/mol. The summed E-state index contributed by atoms with van der Waals surface area (Å²) in [5.74, 6) is 0.470. The van der Waals surface area contributed by atoms with E-state index in [0.29, 0.717) is 23.8 Å². The molecule has 6 nitrogen and oxygen atoms in total. The third kappa shape index (κ3) is 3.74. The van der Waals surface area contributed by atoms with E-state index in [-0.39, 0.29) is 17.9 Å². The number of nitrogens with zero attached hydrogens (tertiary/aromatic N) is 3. The maximum Gasteiger partial charge on any atom is 0.322 e. The van der Waals surface area contributed by atoms with E-state index in [0.717, 1.165) is 30.5 Å². The van der Waals surface area contributed by atoms with Gasteiger partial charge in [0.25, 0.3) is 0 Å². The summed E-state index contributed by atoms with van der Waals surface area (Å²) in [6, 6.07) is 13.1. The Hall–Kier alpha value is -3.22. The number of carbonyl (C=O) groups is 1. The summed E-state index contributed by atoms with van der Waals surface area (Å²) in [6.07, 6.45) is 2.66. The molecule has 0 unspecified atom stereocenters. The molecule has 1 aromatic heterocycles. The standard InChI is InChI=1S/C21H21FN4O2/c1-14-6-2-3-7-17(14)23-21(27)26-13-5-4-8-18(26)20-24-19(25-28-20)15-9-11-16(22)12-10-15/h2-3,6-7,9-12,18H,4-5,8,13H2,1H3,(H,23,27)/t18-/m1/s1. The molecule has 2 aromatic carbocycles. The van der Waals surface area contributed by atoms with Gasteiger partial charge in [-0.1, -0.05) is 23.4 Å². The molecule has 0 spiro atoms. The third-order valence-electron chi connectivity index (χ3n) is 4.98. The fraction of sp³-hybridized carbons (Fsp3) is 0.286. The van der Waals surface area contributed by atoms with Gasteiger partial charge in [0.15, 0.2) is 0 Å². The first-order valence-corrected chi connectivity index (χ1v) is 9.34. The van der Waals surface area contributed by atoms with E-state index in [4.69, 9.17) is 4.52 Å². The predicted molar refractivity (Wildman–Crippen MR) is 103 cm³/mol. The number of amides is 2. The number of anilines is 1. The zero-order valence-electron chi connectivity index (χ0n) is 15.6. The molecule has 1 aliphatic rings. The highest BCUT2D eigenvalue weighted by Crippen LogP contribution is 2.32. The van der Waals surface area contributed by atoms with Gasteiger partial charge in [0.1, 0.15) is 11.9 Å². The van der Waals surface area contributed by atoms with Crippen molar-refractivity contribution in [2.75, 3.05) is 11.9 Å². The molecule has 2 amide bonds. The van der Waals surface area contributed by atoms with Crippen LogP contribution < -0.4 is 5.32 Å². The number of halogens is 1. The van der Waals surface area contributed by atoms with E-state index < -0.39 is 0 Å². The first-order valence-electron chi connectivity index (χ1n) is 9.34. The van der Waals surface area contributed by atoms with Crippen LogP contribution in [0.5, 0.6) is 0 Å². The summed E-state index contributed by atoms with van der Waals surface area (Å²) < 4.78 is 18.6. The molecule has 1 aliphatic heterocycles. The van der Waals surface area contributed by atoms with Crippen LogP contribution in [-0.2, 0) is 0 Å². The zero-order chi connectivity index (χ0) is 19.5. The predicted octanol–water partition coefficient (Wildman–Crippen LogP) is 4.94. The molecule has 1 fully saturated rings. The van der Waals surface area contributed by atoms with E-state index in [1.54, 1.807) is 17.0 Å². The fourth-order valence-electron chi connectivity index (χ4n) is 3.42. The molecule has 4 rings (SSSR count). The van der Waals surface area contributed by atoms with E-state index in [1.165, 1.54) is 12.1 Å². The number of urea groups is 1. The highest BCUT2D eigenvalue weighted by atomic mass is 19.1. The maximum absolute atomic E-state index is 13.1. The Balaban J connectivity index is 1.55. The van der Waals surface area contributed by atoms with E-state index >= 15 is 0 Å². The quantitative estimate of drug-likeness (QED) is 0.698. The number of likely N-dealkylation sites (tertiary alicyclic amines) is 1. The van der Waals surface area contributed by atoms with Gasteiger partial charge in [-0.15, -0.1) is 0 Å². The average Bonchev–Trinajstić information content (AvgIpc) is 3.20. The van der Waals surface area contributed by atoms with Gasteiger partial charge < -0.3 is 14.7 Å². The fourth-order valence-corrected chi connectivity index (χ4v) is 3.42. The van der Waals surface area contributed by atoms with Crippen molar-refractivity contribution in [1.29, 1.82) is 0 Å². The van der Waals surface area contributed by atoms with Crippen molar-refractivity contribution in [2.45, 2.75) is 32.2 Å². The van der Waals surface area contributed by atoms with Crippen molar-refractivity contribution < 1.29 is 13.7 Å². The van der Waals surface area contributed by atoms with Crippen LogP contribution in [0.25, 0.3) is 11.4 Å². The number of para-hydroxylation sites is 1. The average molecular weight is 380 g/mol. The van der Waals surface area contributed by atoms with Crippen LogP contribution >= 0.6 is 0 Å². The van der Waals surface area contributed by atoms with Crippen molar-refractivity contribution in [1.82, 2.24) is 15.0 Å². The molecule has 0 radical (unpaired) electrons. The summed E-state index contributed by atoms with van der Waals surface area (Å²) in [4.78, 5) is 19.1. The molecule has 7 heteroatoms. The first-order chi connectivity index (χ1) is 13.6. The lowest BCUT2D eigenvalue weighted by Gasteiger charge is -2.33. The summed E-state index contributed by atoms with van der Waals surface area (Å²) in [5.41, 5.74) is 2.46. The van der Waals surface area contributed by atoms with Crippen LogP contribution in [0.4, 0.5) is 14.9 Å². The highest BCUT2D eigenvalue weighted by Gasteiger charge is 2.32. The van der Waals surface area contributed by atoms with Crippen LogP contribution in [0.15, 0.2) is 53.1 Å². The van der Waals surface area contributed by atoms with Crippen LogP contribution in [0.2, 0.25) is 0 Å². The van der Waals surface area contributed by atoms with Crippen molar-refractivity contribution in [3.63, 3.8) is 0 Å². The highest BCUT2D eigenvalue weighted by molar-refractivity contribution is 5.90. The minimum atomic E-state index is -0.321. The lowest BCUT2D eigenvalue weighted by Crippen LogP contribution is -2.41. The minimum Gasteiger partial charge on any atom is -0.337 e. The SMILES string of the molecule is Cc1ccccc1NC(=O)N1CCCC[C@@H]1c1nc(-c2ccc(F)cc2)no1. The number of hydrogen-bond acceptors (Lipinski definition) is 4. The van der Waals surface area contributed by atoms with Crippen molar-refractivity contribution >= 4 is 11.7 Å². The van der Waals surface area contributed by atoms with Gasteiger partial charge in [0.05, 0.1) is 0 Å². The number of aromatic nitrogens is 2. The molecule has 1 atom stereocenters. The minimum absolute atomic E-state index is 0.180. The molecule has 0 bridgehead atoms. The largest absolute Gasteiger partial charge is 0.337 e. The van der Waals surface area contributed by atoms with E-state index in [2.05, 4.69) is 15.5 Å². The second kappa shape index (κ2) is 7.80. The van der Waals surface area contributed by atoms with Gasteiger partial charge in [-0.25, -0.2) is 9.18 Å². The Kier molecular flexibility index (Phi) is 5.06. The normalized spacial score (nSPS) is 16.8. The molecular weight excluding hydrogens is 359 g/mol. The number of carbonyl (C=O) groups excluding carboxylic acids is 1. The second-order valence-electron chi connectivity index (χ2n) is 6.91. The Morgan fingerprint density at radius 2 is 1.96 bits per heavy atom. The van der Waals surface area contributed by atoms with Gasteiger partial charge in [0.2, 0.25) is 11.7 Å². The van der Waals surface area contributed by atoms with E-state index in [9.17, 15) is 9.18 Å². The maximum atomic E-state index is 13.1. The second-order valence-corrected chi connectivity index (χ2v) is 6.91. The molecule has 3 aromatic rings. The van der Waals surface area contributed by atoms with Gasteiger partial charge in [-0.3, -0.25) is 0 Å². The summed E-state index contributed by atoms with van der Waals surface area (Å²) in [5, 5.41) is 7.00. The number of nitrogens with one attached hydrogen (secondary N) is 1. The third-order valence-corrected chi connectivity index (χ3v) is 4.98. The molecule has 28 heavy (non-hydrogen) atoms. The molecular formula is C21H21FN4O2. The van der Waals surface area contributed by atoms with Gasteiger partial charge >= 0.3 is 6.03 Å². The summed E-state index contributed by atoms with van der Waals surface area (Å²) >= 11 is 0. The Labute approximate surface area is 162 Å². The van der Waals surface area contributed by atoms with Crippen LogP contribution in [0, 0.1) is 12.7 Å². The van der Waals surface area contributed by atoms with Gasteiger partial charge in [-0.2, -0.15) is 4.98 Å². The topological polar surface area (TPSA) is 71.3 Å². The van der Waals surface area contributed by atoms with Crippen molar-refractivity contribution in [3.05, 3.63) is 65.8 Å². The molecule has 1 saturated heterocycles. The number of hydrogen-bond donors (Lipinski definition) is 1. The number of aryl methyl sites for hydroxylation is 1. The molecule has 144 valence electrons. The Morgan fingerprint density at radius 3 is 2.75 bits per heavy atom. The van der Waals surface area contributed by atoms with Gasteiger partial charge in [-0.05, 0) is 62.1 Å². The molecule has 0 aliphatic carbocycles. The lowest BCUT2D eigenvalue weighted by atomic mass is 10.0. The van der Waals surface area contributed by atoms with Crippen molar-refractivity contribution in [3.8, 4) is 11.4 Å². The lowest BCUT2D eigenvalue weighted by molar-refractivity contribution is 0.142. The Morgan fingerprint density at radius 1 is 1.18 bits per heavy atom. The molecule has 1 N–H and O–H groups in total. The first kappa shape index (κ1) is 18.2. The zero-order valence-corrected chi connectivity index (χ0v) is 15.6. The molecule has 0 saturated carbocycles. The van der Waals surface area contributed by atoms with E-state index in [1.807, 2.05) is 31.2 Å². The smallest absolute Gasteiger partial charge is 0.322 e. The summed E-state index contributed by atoms with van der Waals surface area (Å²) in [6.45, 7) is 2.58. The van der Waals surface area contributed by atoms with Crippen LogP contribution in [0.3, 0.4) is 0 Å². The van der Waals surface area contributed by atoms with Crippen LogP contribution in [0.1, 0.15) is 36.8 Å².